The fraction of sp³-hybridized carbons (Fsp3) is 0.562. The van der Waals surface area contributed by atoms with Gasteiger partial charge < -0.3 is 10.6 Å². The zero-order chi connectivity index (χ0) is 14.3. The lowest BCUT2D eigenvalue weighted by atomic mass is 9.76. The first kappa shape index (κ1) is 18.9. The van der Waals surface area contributed by atoms with E-state index in [1.54, 1.807) is 0 Å². The first-order valence-corrected chi connectivity index (χ1v) is 7.01. The first-order valence-electron chi connectivity index (χ1n) is 7.01. The molecule has 1 amide bonds. The van der Waals surface area contributed by atoms with Crippen LogP contribution in [0.25, 0.3) is 0 Å². The number of carbonyl (C=O) groups excluding carboxylic acids is 1. The van der Waals surface area contributed by atoms with Gasteiger partial charge in [0, 0.05) is 24.4 Å². The number of carbonyl (C=O) groups is 1. The minimum absolute atomic E-state index is 0. The predicted molar refractivity (Wildman–Crippen MR) is 87.5 cm³/mol. The minimum Gasteiger partial charge on any atom is -0.352 e. The van der Waals surface area contributed by atoms with E-state index < -0.39 is 0 Å². The molecular weight excluding hydrogens is 272 g/mol. The van der Waals surface area contributed by atoms with Crippen LogP contribution >= 0.6 is 12.4 Å². The summed E-state index contributed by atoms with van der Waals surface area (Å²) in [5, 5.41) is 6.16. The molecule has 1 rings (SSSR count). The third kappa shape index (κ3) is 5.14. The molecule has 114 valence electrons. The summed E-state index contributed by atoms with van der Waals surface area (Å²) in [5.74, 6) is 0.116. The molecule has 1 atom stereocenters. The summed E-state index contributed by atoms with van der Waals surface area (Å²) in [6, 6.07) is 10.5. The molecule has 2 N–H and O–H groups in total. The van der Waals surface area contributed by atoms with E-state index in [4.69, 9.17) is 0 Å². The Labute approximate surface area is 128 Å². The van der Waals surface area contributed by atoms with Crippen molar-refractivity contribution in [1.29, 1.82) is 0 Å². The third-order valence-electron chi connectivity index (χ3n) is 3.73. The fourth-order valence-corrected chi connectivity index (χ4v) is 2.37. The molecule has 1 unspecified atom stereocenters. The lowest BCUT2D eigenvalue weighted by Crippen LogP contribution is -2.47. The number of hydrogen-bond acceptors (Lipinski definition) is 2. The molecule has 0 radical (unpaired) electrons. The van der Waals surface area contributed by atoms with Crippen molar-refractivity contribution in [3.05, 3.63) is 35.9 Å². The number of hydrogen-bond donors (Lipinski definition) is 2. The van der Waals surface area contributed by atoms with Gasteiger partial charge >= 0.3 is 0 Å². The van der Waals surface area contributed by atoms with E-state index in [-0.39, 0.29) is 29.8 Å². The van der Waals surface area contributed by atoms with Gasteiger partial charge in [-0.05, 0) is 19.0 Å². The molecule has 0 bridgehead atoms. The Morgan fingerprint density at radius 1 is 1.25 bits per heavy atom. The van der Waals surface area contributed by atoms with Gasteiger partial charge in [0.1, 0.15) is 0 Å². The van der Waals surface area contributed by atoms with Crippen molar-refractivity contribution >= 4 is 18.3 Å². The Morgan fingerprint density at radius 2 is 1.85 bits per heavy atom. The van der Waals surface area contributed by atoms with Crippen LogP contribution in [0, 0.1) is 0 Å². The summed E-state index contributed by atoms with van der Waals surface area (Å²) in [7, 11) is 1.86. The monoisotopic (exact) mass is 298 g/mol. The van der Waals surface area contributed by atoms with Crippen LogP contribution in [0.15, 0.2) is 30.3 Å². The SMILES string of the molecule is CCC(NC(=O)CCNC)C(C)(C)c1ccccc1.Cl. The molecule has 1 aromatic carbocycles. The first-order chi connectivity index (χ1) is 9.02. The van der Waals surface area contributed by atoms with Gasteiger partial charge in [0.2, 0.25) is 5.91 Å². The van der Waals surface area contributed by atoms with Gasteiger partial charge in [-0.1, -0.05) is 51.1 Å². The minimum atomic E-state index is -0.0642. The van der Waals surface area contributed by atoms with Crippen molar-refractivity contribution in [2.24, 2.45) is 0 Å². The van der Waals surface area contributed by atoms with Gasteiger partial charge in [0.15, 0.2) is 0 Å². The van der Waals surface area contributed by atoms with Gasteiger partial charge in [-0.15, -0.1) is 12.4 Å². The van der Waals surface area contributed by atoms with E-state index in [1.165, 1.54) is 5.56 Å². The summed E-state index contributed by atoms with van der Waals surface area (Å²) in [4.78, 5) is 11.9. The molecule has 0 heterocycles. The molecule has 0 spiro atoms. The second kappa shape index (κ2) is 8.98. The molecule has 0 aliphatic carbocycles. The lowest BCUT2D eigenvalue weighted by Gasteiger charge is -2.35. The summed E-state index contributed by atoms with van der Waals surface area (Å²) < 4.78 is 0. The molecule has 4 heteroatoms. The van der Waals surface area contributed by atoms with Crippen LogP contribution in [-0.4, -0.2) is 25.5 Å². The molecule has 3 nitrogen and oxygen atoms in total. The largest absolute Gasteiger partial charge is 0.352 e. The predicted octanol–water partition coefficient (Wildman–Crippen LogP) is 2.89. The van der Waals surface area contributed by atoms with Crippen molar-refractivity contribution in [1.82, 2.24) is 10.6 Å². The van der Waals surface area contributed by atoms with Gasteiger partial charge in [-0.3, -0.25) is 4.79 Å². The average molecular weight is 299 g/mol. The molecule has 20 heavy (non-hydrogen) atoms. The summed E-state index contributed by atoms with van der Waals surface area (Å²) in [5.41, 5.74) is 1.20. The van der Waals surface area contributed by atoms with Crippen LogP contribution in [0.2, 0.25) is 0 Å². The second-order valence-electron chi connectivity index (χ2n) is 5.47. The van der Waals surface area contributed by atoms with Crippen molar-refractivity contribution in [3.8, 4) is 0 Å². The lowest BCUT2D eigenvalue weighted by molar-refractivity contribution is -0.122. The van der Waals surface area contributed by atoms with Crippen molar-refractivity contribution in [2.75, 3.05) is 13.6 Å². The Balaban J connectivity index is 0.00000361. The van der Waals surface area contributed by atoms with E-state index >= 15 is 0 Å². The summed E-state index contributed by atoms with van der Waals surface area (Å²) in [6.45, 7) is 7.21. The maximum absolute atomic E-state index is 11.9. The Morgan fingerprint density at radius 3 is 2.35 bits per heavy atom. The fourth-order valence-electron chi connectivity index (χ4n) is 2.37. The molecular formula is C16H27ClN2O. The maximum Gasteiger partial charge on any atom is 0.221 e. The Kier molecular flexibility index (Phi) is 8.51. The van der Waals surface area contributed by atoms with Crippen molar-refractivity contribution in [3.63, 3.8) is 0 Å². The van der Waals surface area contributed by atoms with E-state index in [1.807, 2.05) is 25.2 Å². The van der Waals surface area contributed by atoms with Crippen molar-refractivity contribution < 1.29 is 4.79 Å². The molecule has 0 fully saturated rings. The smallest absolute Gasteiger partial charge is 0.221 e. The maximum atomic E-state index is 11.9. The van der Waals surface area contributed by atoms with Gasteiger partial charge in [-0.25, -0.2) is 0 Å². The van der Waals surface area contributed by atoms with E-state index in [9.17, 15) is 4.79 Å². The van der Waals surface area contributed by atoms with Gasteiger partial charge in [0.25, 0.3) is 0 Å². The van der Waals surface area contributed by atoms with E-state index in [0.717, 1.165) is 6.42 Å². The standard InChI is InChI=1S/C16H26N2O.ClH/c1-5-14(18-15(19)11-12-17-4)16(2,3)13-9-7-6-8-10-13;/h6-10,14,17H,5,11-12H2,1-4H3,(H,18,19);1H. The summed E-state index contributed by atoms with van der Waals surface area (Å²) in [6.07, 6.45) is 1.45. The Hall–Kier alpha value is -1.06. The number of rotatable bonds is 7. The zero-order valence-electron chi connectivity index (χ0n) is 12.9. The van der Waals surface area contributed by atoms with Crippen LogP contribution in [-0.2, 0) is 10.2 Å². The quantitative estimate of drug-likeness (QED) is 0.813. The van der Waals surface area contributed by atoms with E-state index in [0.29, 0.717) is 13.0 Å². The van der Waals surface area contributed by atoms with Crippen LogP contribution in [0.1, 0.15) is 39.2 Å². The number of amides is 1. The van der Waals surface area contributed by atoms with Gasteiger partial charge in [0.05, 0.1) is 0 Å². The van der Waals surface area contributed by atoms with Crippen molar-refractivity contribution in [2.45, 2.75) is 45.1 Å². The van der Waals surface area contributed by atoms with Crippen LogP contribution in [0.3, 0.4) is 0 Å². The van der Waals surface area contributed by atoms with Crippen LogP contribution in [0.5, 0.6) is 0 Å². The molecule has 0 saturated carbocycles. The summed E-state index contributed by atoms with van der Waals surface area (Å²) >= 11 is 0. The molecule has 0 aromatic heterocycles. The molecule has 0 aliphatic heterocycles. The number of halogens is 1. The van der Waals surface area contributed by atoms with Crippen LogP contribution < -0.4 is 10.6 Å². The second-order valence-corrected chi connectivity index (χ2v) is 5.47. The zero-order valence-corrected chi connectivity index (χ0v) is 13.7. The normalized spacial score (nSPS) is 12.4. The molecule has 0 aliphatic rings. The topological polar surface area (TPSA) is 41.1 Å². The molecule has 0 saturated heterocycles. The highest BCUT2D eigenvalue weighted by Crippen LogP contribution is 2.28. The van der Waals surface area contributed by atoms with E-state index in [2.05, 4.69) is 43.5 Å². The van der Waals surface area contributed by atoms with Crippen LogP contribution in [0.4, 0.5) is 0 Å². The third-order valence-corrected chi connectivity index (χ3v) is 3.73. The highest BCUT2D eigenvalue weighted by molar-refractivity contribution is 5.85. The molecule has 1 aromatic rings. The highest BCUT2D eigenvalue weighted by Gasteiger charge is 2.30. The Bertz CT molecular complexity index is 393. The average Bonchev–Trinajstić information content (AvgIpc) is 2.43. The highest BCUT2D eigenvalue weighted by atomic mass is 35.5. The number of nitrogens with one attached hydrogen (secondary N) is 2. The number of benzene rings is 1. The van der Waals surface area contributed by atoms with Gasteiger partial charge in [-0.2, -0.15) is 0 Å².